The van der Waals surface area contributed by atoms with Crippen LogP contribution in [0.4, 0.5) is 0 Å². The van der Waals surface area contributed by atoms with Gasteiger partial charge in [0.05, 0.1) is 43.7 Å². The summed E-state index contributed by atoms with van der Waals surface area (Å²) < 4.78 is 96.4. The molecule has 19 atom stereocenters. The number of hydrogen-bond acceptors (Lipinski definition) is 27. The highest BCUT2D eigenvalue weighted by atomic mass is 31.3. The molecule has 0 saturated carbocycles. The highest BCUT2D eigenvalue weighted by Crippen LogP contribution is 2.60. The van der Waals surface area contributed by atoms with Gasteiger partial charge in [0.2, 0.25) is 0 Å². The van der Waals surface area contributed by atoms with E-state index in [-0.39, 0.29) is 45.5 Å². The van der Waals surface area contributed by atoms with Crippen molar-refractivity contribution in [2.24, 2.45) is 0 Å². The smallest absolute Gasteiger partial charge is 0.478 e. The molecule has 6 heterocycles. The number of amides is 1. The topological polar surface area (TPSA) is 476 Å². The van der Waals surface area contributed by atoms with E-state index in [1.54, 1.807) is 0 Å². The average Bonchev–Trinajstić information content (AvgIpc) is 3.71. The molecule has 4 saturated heterocycles. The lowest BCUT2D eigenvalue weighted by Gasteiger charge is -2.38. The molecule has 0 bridgehead atoms. The first kappa shape index (κ1) is 61.8. The maximum absolute atomic E-state index is 12.1. The maximum Gasteiger partial charge on any atom is 0.478 e. The van der Waals surface area contributed by atoms with E-state index in [1.807, 2.05) is 0 Å². The lowest BCUT2D eigenvalue weighted by molar-refractivity contribution is -0.277. The number of aromatic nitrogens is 2. The van der Waals surface area contributed by atoms with Crippen molar-refractivity contribution in [3.8, 4) is 0 Å². The Balaban J connectivity index is 0.000000360. The largest absolute Gasteiger partial charge is 0.756 e. The van der Waals surface area contributed by atoms with Crippen LogP contribution in [0.25, 0.3) is 0 Å². The molecular weight excluding hydrogens is 1040 g/mol. The number of nitrogens with one attached hydrogen (secondary N) is 2. The van der Waals surface area contributed by atoms with Crippen LogP contribution in [-0.2, 0) is 68.7 Å². The number of hydrogen-bond donors (Lipinski definition) is 11. The van der Waals surface area contributed by atoms with Crippen LogP contribution in [0, 0.1) is 6.92 Å². The van der Waals surface area contributed by atoms with Crippen LogP contribution < -0.4 is 26.4 Å². The van der Waals surface area contributed by atoms with Gasteiger partial charge >= 0.3 is 21.3 Å². The summed E-state index contributed by atoms with van der Waals surface area (Å²) in [5, 5.41) is 71.9. The van der Waals surface area contributed by atoms with E-state index >= 15 is 0 Å². The fraction of sp³-hybridized carbons (Fsp3) is 0.735. The molecule has 4 fully saturated rings. The Kier molecular flexibility index (Phi) is 21.8. The zero-order valence-electron chi connectivity index (χ0n) is 35.6. The van der Waals surface area contributed by atoms with Crippen LogP contribution >= 0.6 is 31.3 Å². The Morgan fingerprint density at radius 1 is 0.729 bits per heavy atom. The Bertz CT molecular complexity index is 2320. The molecule has 5 aliphatic heterocycles. The first-order valence-electron chi connectivity index (χ1n) is 19.9. The Labute approximate surface area is 398 Å². The van der Waals surface area contributed by atoms with Gasteiger partial charge in [-0.3, -0.25) is 46.4 Å². The second kappa shape index (κ2) is 24.7. The summed E-state index contributed by atoms with van der Waals surface area (Å²) in [5.41, 5.74) is -1.20. The van der Waals surface area contributed by atoms with E-state index < -0.39 is 154 Å². The number of aliphatic hydroxyl groups is 7. The van der Waals surface area contributed by atoms with Crippen molar-refractivity contribution in [3.63, 3.8) is 0 Å². The lowest BCUT2D eigenvalue weighted by atomic mass is 10.0. The number of rotatable bonds is 16. The van der Waals surface area contributed by atoms with Crippen molar-refractivity contribution in [2.75, 3.05) is 13.2 Å². The number of aryl methyl sites for hydroxylation is 1. The minimum Gasteiger partial charge on any atom is -0.756 e. The van der Waals surface area contributed by atoms with Gasteiger partial charge in [-0.25, -0.2) is 22.5 Å². The molecule has 0 spiro atoms. The van der Waals surface area contributed by atoms with Gasteiger partial charge in [0.15, 0.2) is 18.8 Å². The highest BCUT2D eigenvalue weighted by molar-refractivity contribution is 7.61. The van der Waals surface area contributed by atoms with Crippen LogP contribution in [0.2, 0.25) is 0 Å². The van der Waals surface area contributed by atoms with Gasteiger partial charge in [-0.15, -0.1) is 0 Å². The van der Waals surface area contributed by atoms with Crippen molar-refractivity contribution in [2.45, 2.75) is 147 Å². The SMILES string of the molecule is C.C.C=C1NC(=O)C=CN1[C@@H]1O[C@H](COP(=O)(O)OP(=O)([O-])O[C@H]2OC(C)C[C@H](O)C2O)[C@H](O)C1O.Cc1cn([C@H]2C[C@@H](O)[C@@H](COP(=O)(O)OP(=O)([O-])O[C@H]3OC(C)C[C@H](O)C3O)O2)c(=O)[nH]c1=O. The lowest BCUT2D eigenvalue weighted by Crippen LogP contribution is -2.48. The molecule has 6 rings (SSSR count). The summed E-state index contributed by atoms with van der Waals surface area (Å²) in [4.78, 5) is 81.6. The molecule has 1 aromatic rings. The molecule has 404 valence electrons. The molecule has 1 aromatic heterocycles. The third-order valence-corrected chi connectivity index (χ3v) is 15.3. The molecule has 9 unspecified atom stereocenters. The van der Waals surface area contributed by atoms with Crippen molar-refractivity contribution >= 4 is 37.2 Å². The fourth-order valence-electron chi connectivity index (χ4n) is 6.81. The number of aromatic amines is 1. The Morgan fingerprint density at radius 3 is 1.70 bits per heavy atom. The first-order valence-corrected chi connectivity index (χ1v) is 25.8. The number of aliphatic hydroxyl groups excluding tert-OH is 7. The van der Waals surface area contributed by atoms with E-state index in [1.165, 1.54) is 38.1 Å². The average molecular weight is 1090 g/mol. The molecule has 0 radical (unpaired) electrons. The zero-order chi connectivity index (χ0) is 50.8. The van der Waals surface area contributed by atoms with Crippen molar-refractivity contribution in [1.29, 1.82) is 0 Å². The van der Waals surface area contributed by atoms with Crippen molar-refractivity contribution in [1.82, 2.24) is 19.8 Å². The number of nitrogens with zero attached hydrogens (tertiary/aromatic N) is 2. The predicted octanol–water partition coefficient (Wildman–Crippen LogP) is -3.43. The molecule has 0 aliphatic carbocycles. The van der Waals surface area contributed by atoms with Crippen LogP contribution in [0.5, 0.6) is 0 Å². The standard InChI is InChI=1S/2C16H26N2O14P2.2CH4/c1-7-5-18(16(23)17-14(7)22)12-4-9(19)11(30-12)6-28-33(24,25)32-34(26,27)31-15-13(21)10(20)3-8(2)29-15;1-7-5-9(19)12(21)16(29-7)31-34(26,27)32-33(24,25)28-6-10-13(22)14(23)15(30-10)18-4-3-11(20)17-8(18)2;;/h5,8-13,15,19-21H,3-4,6H2,1-2H3,(H,24,25)(H,26,27)(H,17,22,23);3-4,7,9-10,12-16,19,21-23H,2,5-6H2,1H3,(H,17,20)(H,24,25)(H,26,27);2*1H4/p-2/t8?,9-,10+,11-,12-,13?,15-;7?,9-,10+,12?,13-,14?,15+,16+;;/m10../s1. The van der Waals surface area contributed by atoms with E-state index in [9.17, 15) is 88.0 Å². The molecule has 32 nitrogen and oxygen atoms in total. The van der Waals surface area contributed by atoms with Crippen LogP contribution in [0.3, 0.4) is 0 Å². The second-order valence-corrected chi connectivity index (χ2v) is 21.5. The van der Waals surface area contributed by atoms with Crippen molar-refractivity contribution in [3.05, 3.63) is 57.3 Å². The number of H-pyrrole nitrogens is 1. The quantitative estimate of drug-likeness (QED) is 0.0718. The highest BCUT2D eigenvalue weighted by Gasteiger charge is 2.48. The van der Waals surface area contributed by atoms with Crippen LogP contribution in [0.1, 0.15) is 59.8 Å². The molecule has 70 heavy (non-hydrogen) atoms. The summed E-state index contributed by atoms with van der Waals surface area (Å²) in [6.07, 6.45) is -17.5. The maximum atomic E-state index is 12.1. The third-order valence-electron chi connectivity index (χ3n) is 10.1. The number of phosphoric acid groups is 4. The summed E-state index contributed by atoms with van der Waals surface area (Å²) in [6.45, 7) is 6.25. The molecule has 11 N–H and O–H groups in total. The summed E-state index contributed by atoms with van der Waals surface area (Å²) in [7, 11) is -21.9. The van der Waals surface area contributed by atoms with Gasteiger partial charge < -0.3 is 84.5 Å². The Hall–Kier alpha value is -2.49. The first-order chi connectivity index (χ1) is 31.4. The molecule has 5 aliphatic rings. The third kappa shape index (κ3) is 16.5. The fourth-order valence-corrected chi connectivity index (χ4v) is 11.0. The van der Waals surface area contributed by atoms with Gasteiger partial charge in [0.1, 0.15) is 48.7 Å². The van der Waals surface area contributed by atoms with Gasteiger partial charge in [-0.05, 0) is 20.8 Å². The summed E-state index contributed by atoms with van der Waals surface area (Å²) in [6, 6.07) is 0. The van der Waals surface area contributed by atoms with Crippen LogP contribution in [0.15, 0.2) is 40.5 Å². The van der Waals surface area contributed by atoms with E-state index in [2.05, 4.69) is 43.6 Å². The monoisotopic (exact) mass is 1090 g/mol. The molecule has 0 aromatic carbocycles. The zero-order valence-corrected chi connectivity index (χ0v) is 39.2. The molecule has 36 heteroatoms. The van der Waals surface area contributed by atoms with Gasteiger partial charge in [0, 0.05) is 43.3 Å². The summed E-state index contributed by atoms with van der Waals surface area (Å²) >= 11 is 0. The number of carbonyl (C=O) groups excluding carboxylic acids is 1. The minimum atomic E-state index is -5.62. The van der Waals surface area contributed by atoms with E-state index in [0.29, 0.717) is 0 Å². The Morgan fingerprint density at radius 2 is 1.21 bits per heavy atom. The number of carbonyl (C=O) groups is 1. The predicted molar refractivity (Wildman–Crippen MR) is 226 cm³/mol. The molecular formula is C34H58N4O28P4-2. The van der Waals surface area contributed by atoms with Gasteiger partial charge in [-0.2, -0.15) is 0 Å². The normalized spacial score (nSPS) is 36.7. The van der Waals surface area contributed by atoms with E-state index in [0.717, 1.165) is 10.6 Å². The van der Waals surface area contributed by atoms with Gasteiger partial charge in [0.25, 0.3) is 27.1 Å². The minimum absolute atomic E-state index is 0. The summed E-state index contributed by atoms with van der Waals surface area (Å²) in [5.74, 6) is -0.454. The van der Waals surface area contributed by atoms with Crippen molar-refractivity contribution < 1.29 is 124 Å². The molecule has 1 amide bonds. The van der Waals surface area contributed by atoms with Gasteiger partial charge in [-0.1, -0.05) is 21.4 Å². The van der Waals surface area contributed by atoms with Crippen LogP contribution in [-0.4, -0.2) is 165 Å². The number of phosphoric ester groups is 4. The number of ether oxygens (including phenoxy) is 4. The second-order valence-electron chi connectivity index (χ2n) is 15.6. The van der Waals surface area contributed by atoms with E-state index in [4.69, 9.17) is 18.9 Å².